The second kappa shape index (κ2) is 18.4. The Labute approximate surface area is 469 Å². The van der Waals surface area contributed by atoms with Crippen LogP contribution in [0.2, 0.25) is 0 Å². The van der Waals surface area contributed by atoms with Gasteiger partial charge in [-0.05, 0) is 159 Å². The molecule has 380 valence electrons. The molecule has 0 bridgehead atoms. The fourth-order valence-electron chi connectivity index (χ4n) is 13.5. The van der Waals surface area contributed by atoms with Gasteiger partial charge in [0, 0.05) is 10.8 Å². The topological polar surface area (TPSA) is 12.5 Å². The van der Waals surface area contributed by atoms with E-state index in [1.807, 2.05) is 0 Å². The van der Waals surface area contributed by atoms with Crippen LogP contribution in [-0.4, -0.2) is 0 Å². The van der Waals surface area contributed by atoms with Gasteiger partial charge in [0.05, 0.1) is 17.1 Å². The summed E-state index contributed by atoms with van der Waals surface area (Å²) in [6.45, 7) is 9.77. The van der Waals surface area contributed by atoms with Crippen molar-refractivity contribution in [2.75, 3.05) is 4.90 Å². The zero-order valence-electron chi connectivity index (χ0n) is 45.3. The van der Waals surface area contributed by atoms with Gasteiger partial charge in [0.25, 0.3) is 0 Å². The molecule has 15 rings (SSSR count). The average Bonchev–Trinajstić information content (AvgIpc) is 3.14. The molecule has 2 heteroatoms. The molecule has 3 aliphatic rings. The largest absolute Gasteiger partial charge is 0.453 e. The van der Waals surface area contributed by atoms with Gasteiger partial charge in [-0.15, -0.1) is 0 Å². The highest BCUT2D eigenvalue weighted by atomic mass is 16.5. The molecule has 12 aromatic rings. The lowest BCUT2D eigenvalue weighted by atomic mass is 9.64. The summed E-state index contributed by atoms with van der Waals surface area (Å²) in [5.74, 6) is 1.70. The van der Waals surface area contributed by atoms with Gasteiger partial charge in [0.15, 0.2) is 11.5 Å². The average molecular weight is 1020 g/mol. The minimum Gasteiger partial charge on any atom is -0.453 e. The Hall–Kier alpha value is -9.76. The molecule has 0 saturated heterocycles. The molecule has 2 nitrogen and oxygen atoms in total. The van der Waals surface area contributed by atoms with Crippen LogP contribution >= 0.6 is 0 Å². The molecular weight excluding hydrogens is 967 g/mol. The molecule has 0 aromatic heterocycles. The van der Waals surface area contributed by atoms with Gasteiger partial charge in [0.2, 0.25) is 0 Å². The summed E-state index contributed by atoms with van der Waals surface area (Å²) in [6.07, 6.45) is 0. The van der Waals surface area contributed by atoms with E-state index in [1.54, 1.807) is 0 Å². The Morgan fingerprint density at radius 2 is 0.463 bits per heavy atom. The summed E-state index contributed by atoms with van der Waals surface area (Å²) in [7, 11) is 0. The van der Waals surface area contributed by atoms with Crippen LogP contribution in [0.1, 0.15) is 49.9 Å². The van der Waals surface area contributed by atoms with Crippen molar-refractivity contribution in [3.05, 3.63) is 295 Å². The number of hydrogen-bond acceptors (Lipinski definition) is 2. The highest BCUT2D eigenvalue weighted by molar-refractivity contribution is 6.06. The predicted octanol–water partition coefficient (Wildman–Crippen LogP) is 21.5. The molecule has 0 atom stereocenters. The number of ether oxygens (including phenoxy) is 1. The maximum absolute atomic E-state index is 7.72. The van der Waals surface area contributed by atoms with Crippen molar-refractivity contribution in [1.82, 2.24) is 0 Å². The third-order valence-electron chi connectivity index (χ3n) is 17.4. The number of nitrogens with zero attached hydrogens (tertiary/aromatic N) is 1. The highest BCUT2D eigenvalue weighted by Gasteiger charge is 2.50. The quantitative estimate of drug-likeness (QED) is 0.143. The summed E-state index contributed by atoms with van der Waals surface area (Å²) in [5, 5.41) is 0. The van der Waals surface area contributed by atoms with E-state index in [9.17, 15) is 0 Å². The lowest BCUT2D eigenvalue weighted by molar-refractivity contribution is 0.465. The summed E-state index contributed by atoms with van der Waals surface area (Å²) in [5.41, 5.74) is 28.7. The Kier molecular flexibility index (Phi) is 10.9. The Morgan fingerprint density at radius 3 is 0.713 bits per heavy atom. The third-order valence-corrected chi connectivity index (χ3v) is 17.4. The van der Waals surface area contributed by atoms with Crippen LogP contribution in [0, 0.1) is 0 Å². The smallest absolute Gasteiger partial charge is 0.152 e. The van der Waals surface area contributed by atoms with E-state index in [1.165, 1.54) is 117 Å². The molecule has 12 aromatic carbocycles. The van der Waals surface area contributed by atoms with E-state index >= 15 is 0 Å². The summed E-state index contributed by atoms with van der Waals surface area (Å²) in [4.78, 5) is 2.61. The Bertz CT molecular complexity index is 4000. The Balaban J connectivity index is 1.06. The van der Waals surface area contributed by atoms with Crippen LogP contribution in [0.25, 0.3) is 100 Å². The predicted molar refractivity (Wildman–Crippen MR) is 334 cm³/mol. The minimum absolute atomic E-state index is 0.493. The molecule has 3 aliphatic heterocycles. The van der Waals surface area contributed by atoms with Crippen LogP contribution in [-0.2, 0) is 10.8 Å². The summed E-state index contributed by atoms with van der Waals surface area (Å²) < 4.78 is 7.72. The molecule has 0 N–H and O–H groups in total. The first kappa shape index (κ1) is 47.5. The van der Waals surface area contributed by atoms with Crippen molar-refractivity contribution in [3.8, 4) is 112 Å². The van der Waals surface area contributed by atoms with Gasteiger partial charge in [-0.3, -0.25) is 0 Å². The maximum Gasteiger partial charge on any atom is 0.152 e. The molecule has 80 heavy (non-hydrogen) atoms. The second-order valence-electron chi connectivity index (χ2n) is 22.7. The molecule has 0 unspecified atom stereocenters. The zero-order valence-corrected chi connectivity index (χ0v) is 45.3. The highest BCUT2D eigenvalue weighted by Crippen LogP contribution is 2.68. The molecule has 0 aliphatic carbocycles. The van der Waals surface area contributed by atoms with E-state index < -0.39 is 10.8 Å². The third kappa shape index (κ3) is 7.40. The van der Waals surface area contributed by atoms with E-state index in [-0.39, 0.29) is 0 Å². The first-order valence-electron chi connectivity index (χ1n) is 28.0. The van der Waals surface area contributed by atoms with Crippen molar-refractivity contribution < 1.29 is 4.74 Å². The number of hydrogen-bond donors (Lipinski definition) is 0. The van der Waals surface area contributed by atoms with Crippen LogP contribution < -0.4 is 9.64 Å². The normalized spacial score (nSPS) is 13.8. The monoisotopic (exact) mass is 1020 g/mol. The fourth-order valence-corrected chi connectivity index (χ4v) is 13.5. The van der Waals surface area contributed by atoms with Crippen LogP contribution in [0.5, 0.6) is 11.5 Å². The van der Waals surface area contributed by atoms with Gasteiger partial charge < -0.3 is 9.64 Å². The van der Waals surface area contributed by atoms with Crippen molar-refractivity contribution in [2.45, 2.75) is 38.5 Å². The van der Waals surface area contributed by atoms with E-state index in [0.29, 0.717) is 0 Å². The van der Waals surface area contributed by atoms with Crippen LogP contribution in [0.3, 0.4) is 0 Å². The van der Waals surface area contributed by atoms with Crippen molar-refractivity contribution in [2.24, 2.45) is 0 Å². The van der Waals surface area contributed by atoms with Gasteiger partial charge in [-0.2, -0.15) is 0 Å². The summed E-state index contributed by atoms with van der Waals surface area (Å²) in [6, 6.07) is 100. The second-order valence-corrected chi connectivity index (χ2v) is 22.7. The standard InChI is InChI=1S/C78H57NO/c1-77(2)65-44-56(71-59(50-26-11-5-12-27-50)38-23-39-60(71)51-28-13-6-14-29-51)45-66-74(65)79-75-67(77)46-57(72-61(52-30-15-7-16-31-52)40-24-41-62(72)53-32-17-8-18-33-53)48-69(75)80-70-49-58(47-68(76(70)79)78(66,3)4)73-63(54-34-19-9-20-35-54)42-25-43-64(73)55-36-21-10-22-37-55/h5-49H,1-4H3. The molecule has 0 spiro atoms. The molecule has 0 amide bonds. The van der Waals surface area contributed by atoms with Crippen LogP contribution in [0.4, 0.5) is 17.1 Å². The van der Waals surface area contributed by atoms with Gasteiger partial charge in [0.1, 0.15) is 0 Å². The van der Waals surface area contributed by atoms with Crippen molar-refractivity contribution in [1.29, 1.82) is 0 Å². The fraction of sp³-hybridized carbons (Fsp3) is 0.0769. The van der Waals surface area contributed by atoms with Crippen molar-refractivity contribution >= 4 is 17.1 Å². The molecule has 0 radical (unpaired) electrons. The molecule has 3 heterocycles. The number of benzene rings is 12. The number of rotatable bonds is 9. The first-order valence-corrected chi connectivity index (χ1v) is 28.0. The first-order chi connectivity index (χ1) is 39.2. The zero-order chi connectivity index (χ0) is 53.7. The lowest BCUT2D eigenvalue weighted by Gasteiger charge is -2.52. The minimum atomic E-state index is -0.493. The number of anilines is 3. The molecular formula is C78H57NO. The van der Waals surface area contributed by atoms with Crippen LogP contribution in [0.15, 0.2) is 273 Å². The van der Waals surface area contributed by atoms with Gasteiger partial charge in [-0.25, -0.2) is 0 Å². The SMILES string of the molecule is CC1(C)c2cc(-c3c(-c4ccccc4)cccc3-c3ccccc3)cc3c2N2c4c(cc(-c5c(-c6ccccc6)cccc5-c5ccccc5)cc4C(C)(C)c4cc(-c5c(-c6ccccc6)cccc5-c5ccccc5)cc1c42)O3. The molecule has 0 saturated carbocycles. The summed E-state index contributed by atoms with van der Waals surface area (Å²) >= 11 is 0. The lowest BCUT2D eigenvalue weighted by Crippen LogP contribution is -2.39. The van der Waals surface area contributed by atoms with E-state index in [0.717, 1.165) is 34.0 Å². The van der Waals surface area contributed by atoms with Gasteiger partial charge >= 0.3 is 0 Å². The Morgan fingerprint density at radius 1 is 0.237 bits per heavy atom. The van der Waals surface area contributed by atoms with E-state index in [4.69, 9.17) is 4.74 Å². The molecule has 0 fully saturated rings. The van der Waals surface area contributed by atoms with Crippen molar-refractivity contribution in [3.63, 3.8) is 0 Å². The maximum atomic E-state index is 7.72. The van der Waals surface area contributed by atoms with E-state index in [2.05, 4.69) is 306 Å². The van der Waals surface area contributed by atoms with Gasteiger partial charge in [-0.1, -0.05) is 264 Å².